The molecular formula is C6H10N2O2. The van der Waals surface area contributed by atoms with Crippen molar-refractivity contribution in [2.75, 3.05) is 0 Å². The molecule has 0 aliphatic carbocycles. The molecule has 0 aliphatic rings. The summed E-state index contributed by atoms with van der Waals surface area (Å²) in [5, 5.41) is 3.58. The molecule has 0 radical (unpaired) electrons. The first-order valence-electron chi connectivity index (χ1n) is 3.02. The Labute approximate surface area is 58.9 Å². The molecule has 56 valence electrons. The molecule has 0 bridgehead atoms. The molecule has 1 heterocycles. The Morgan fingerprint density at radius 1 is 1.80 bits per heavy atom. The number of aryl methyl sites for hydroxylation is 1. The molecule has 0 amide bonds. The van der Waals surface area contributed by atoms with Gasteiger partial charge in [0.25, 0.3) is 0 Å². The highest BCUT2D eigenvalue weighted by Crippen LogP contribution is 2.17. The van der Waals surface area contributed by atoms with Crippen molar-refractivity contribution >= 4 is 0 Å². The van der Waals surface area contributed by atoms with Gasteiger partial charge in [0.05, 0.1) is 6.20 Å². The van der Waals surface area contributed by atoms with Crippen LogP contribution in [0.15, 0.2) is 10.7 Å². The van der Waals surface area contributed by atoms with Crippen molar-refractivity contribution < 1.29 is 9.36 Å². The van der Waals surface area contributed by atoms with Crippen molar-refractivity contribution in [2.24, 2.45) is 5.90 Å². The second-order valence-corrected chi connectivity index (χ2v) is 2.12. The number of hydrogen-bond acceptors (Lipinski definition) is 4. The van der Waals surface area contributed by atoms with E-state index in [-0.39, 0.29) is 6.10 Å². The molecule has 0 spiro atoms. The van der Waals surface area contributed by atoms with Gasteiger partial charge in [0.2, 0.25) is 0 Å². The Kier molecular flexibility index (Phi) is 2.03. The van der Waals surface area contributed by atoms with E-state index < -0.39 is 0 Å². The van der Waals surface area contributed by atoms with Crippen molar-refractivity contribution in [3.63, 3.8) is 0 Å². The first-order chi connectivity index (χ1) is 4.75. The molecular weight excluding hydrogens is 132 g/mol. The Morgan fingerprint density at radius 2 is 2.50 bits per heavy atom. The first-order valence-corrected chi connectivity index (χ1v) is 3.02. The quantitative estimate of drug-likeness (QED) is 0.624. The zero-order chi connectivity index (χ0) is 7.56. The zero-order valence-electron chi connectivity index (χ0n) is 6.00. The molecule has 0 saturated carbocycles. The maximum atomic E-state index is 4.96. The van der Waals surface area contributed by atoms with Gasteiger partial charge in [0.1, 0.15) is 11.9 Å². The number of nitrogens with zero attached hydrogens (tertiary/aromatic N) is 1. The first kappa shape index (κ1) is 7.24. The van der Waals surface area contributed by atoms with E-state index in [1.165, 1.54) is 0 Å². The summed E-state index contributed by atoms with van der Waals surface area (Å²) >= 11 is 0. The monoisotopic (exact) mass is 142 g/mol. The molecule has 2 N–H and O–H groups in total. The summed E-state index contributed by atoms with van der Waals surface area (Å²) in [6.07, 6.45) is 1.46. The topological polar surface area (TPSA) is 61.3 Å². The van der Waals surface area contributed by atoms with Crippen LogP contribution in [0.4, 0.5) is 0 Å². The predicted octanol–water partition coefficient (Wildman–Crippen LogP) is 0.934. The largest absolute Gasteiger partial charge is 0.361 e. The third kappa shape index (κ3) is 1.17. The molecule has 1 unspecified atom stereocenters. The molecule has 0 saturated heterocycles. The molecule has 1 aromatic rings. The van der Waals surface area contributed by atoms with E-state index in [4.69, 9.17) is 10.4 Å². The Bertz CT molecular complexity index is 209. The zero-order valence-corrected chi connectivity index (χ0v) is 6.00. The predicted molar refractivity (Wildman–Crippen MR) is 34.9 cm³/mol. The third-order valence-corrected chi connectivity index (χ3v) is 1.43. The van der Waals surface area contributed by atoms with Crippen LogP contribution in [-0.4, -0.2) is 5.16 Å². The standard InChI is InChI=1S/C6H10N2O2/c1-4(9-7)6-3-8-10-5(6)2/h3-4H,7H2,1-2H3. The van der Waals surface area contributed by atoms with Gasteiger partial charge in [0, 0.05) is 5.56 Å². The smallest absolute Gasteiger partial charge is 0.139 e. The number of nitrogens with two attached hydrogens (primary N) is 1. The average molecular weight is 142 g/mol. The number of aromatic nitrogens is 1. The van der Waals surface area contributed by atoms with Crippen molar-refractivity contribution in [1.29, 1.82) is 0 Å². The lowest BCUT2D eigenvalue weighted by Crippen LogP contribution is -2.05. The Hall–Kier alpha value is -0.870. The summed E-state index contributed by atoms with van der Waals surface area (Å²) < 4.78 is 4.80. The van der Waals surface area contributed by atoms with Crippen LogP contribution in [-0.2, 0) is 4.84 Å². The molecule has 1 atom stereocenters. The van der Waals surface area contributed by atoms with Gasteiger partial charge >= 0.3 is 0 Å². The van der Waals surface area contributed by atoms with E-state index in [0.717, 1.165) is 11.3 Å². The minimum atomic E-state index is -0.147. The van der Waals surface area contributed by atoms with Crippen LogP contribution in [0.5, 0.6) is 0 Å². The van der Waals surface area contributed by atoms with Gasteiger partial charge < -0.3 is 4.52 Å². The molecule has 1 rings (SSSR count). The van der Waals surface area contributed by atoms with Gasteiger partial charge in [-0.3, -0.25) is 4.84 Å². The molecule has 4 nitrogen and oxygen atoms in total. The van der Waals surface area contributed by atoms with Gasteiger partial charge in [-0.1, -0.05) is 5.16 Å². The summed E-state index contributed by atoms with van der Waals surface area (Å²) in [5.74, 6) is 5.71. The van der Waals surface area contributed by atoms with E-state index in [9.17, 15) is 0 Å². The van der Waals surface area contributed by atoms with Crippen molar-refractivity contribution in [3.05, 3.63) is 17.5 Å². The maximum Gasteiger partial charge on any atom is 0.139 e. The van der Waals surface area contributed by atoms with Gasteiger partial charge in [-0.15, -0.1) is 0 Å². The van der Waals surface area contributed by atoms with E-state index in [1.807, 2.05) is 13.8 Å². The average Bonchev–Trinajstić information content (AvgIpc) is 2.34. The number of hydrogen-bond donors (Lipinski definition) is 1. The van der Waals surface area contributed by atoms with Crippen LogP contribution in [0.25, 0.3) is 0 Å². The van der Waals surface area contributed by atoms with Crippen LogP contribution < -0.4 is 5.90 Å². The lowest BCUT2D eigenvalue weighted by atomic mass is 10.2. The van der Waals surface area contributed by atoms with Gasteiger partial charge in [-0.05, 0) is 13.8 Å². The van der Waals surface area contributed by atoms with E-state index in [0.29, 0.717) is 0 Å². The Balaban J connectivity index is 2.82. The van der Waals surface area contributed by atoms with Crippen LogP contribution in [0.2, 0.25) is 0 Å². The normalized spacial score (nSPS) is 13.5. The SMILES string of the molecule is Cc1oncc1C(C)ON. The fraction of sp³-hybridized carbons (Fsp3) is 0.500. The summed E-state index contributed by atoms with van der Waals surface area (Å²) in [4.78, 5) is 4.58. The van der Waals surface area contributed by atoms with E-state index >= 15 is 0 Å². The highest BCUT2D eigenvalue weighted by molar-refractivity contribution is 5.13. The van der Waals surface area contributed by atoms with Gasteiger partial charge in [0.15, 0.2) is 0 Å². The van der Waals surface area contributed by atoms with E-state index in [2.05, 4.69) is 9.99 Å². The van der Waals surface area contributed by atoms with Crippen molar-refractivity contribution in [2.45, 2.75) is 20.0 Å². The molecule has 0 aliphatic heterocycles. The highest BCUT2D eigenvalue weighted by atomic mass is 16.6. The summed E-state index contributed by atoms with van der Waals surface area (Å²) in [5.41, 5.74) is 0.891. The van der Waals surface area contributed by atoms with Crippen molar-refractivity contribution in [3.8, 4) is 0 Å². The lowest BCUT2D eigenvalue weighted by Gasteiger charge is -2.04. The molecule has 1 aromatic heterocycles. The van der Waals surface area contributed by atoms with Gasteiger partial charge in [-0.25, -0.2) is 5.90 Å². The maximum absolute atomic E-state index is 4.96. The van der Waals surface area contributed by atoms with Crippen LogP contribution in [0, 0.1) is 6.92 Å². The lowest BCUT2D eigenvalue weighted by molar-refractivity contribution is 0.0654. The van der Waals surface area contributed by atoms with Gasteiger partial charge in [-0.2, -0.15) is 0 Å². The fourth-order valence-corrected chi connectivity index (χ4v) is 0.770. The number of rotatable bonds is 2. The minimum absolute atomic E-state index is 0.147. The van der Waals surface area contributed by atoms with Crippen LogP contribution in [0.1, 0.15) is 24.4 Å². The molecule has 4 heteroatoms. The molecule has 0 fully saturated rings. The van der Waals surface area contributed by atoms with Crippen LogP contribution >= 0.6 is 0 Å². The summed E-state index contributed by atoms with van der Waals surface area (Å²) in [6.45, 7) is 3.65. The highest BCUT2D eigenvalue weighted by Gasteiger charge is 2.10. The Morgan fingerprint density at radius 3 is 2.90 bits per heavy atom. The van der Waals surface area contributed by atoms with Crippen LogP contribution in [0.3, 0.4) is 0 Å². The third-order valence-electron chi connectivity index (χ3n) is 1.43. The minimum Gasteiger partial charge on any atom is -0.361 e. The summed E-state index contributed by atoms with van der Waals surface area (Å²) in [7, 11) is 0. The van der Waals surface area contributed by atoms with E-state index in [1.54, 1.807) is 6.20 Å². The second-order valence-electron chi connectivity index (χ2n) is 2.12. The molecule has 10 heavy (non-hydrogen) atoms. The second kappa shape index (κ2) is 2.81. The molecule has 0 aromatic carbocycles. The summed E-state index contributed by atoms with van der Waals surface area (Å²) in [6, 6.07) is 0. The van der Waals surface area contributed by atoms with Crippen molar-refractivity contribution in [1.82, 2.24) is 5.16 Å². The fourth-order valence-electron chi connectivity index (χ4n) is 0.770.